The molecule has 0 fully saturated rings. The standard InChI is InChI=1S/C32H27F3N2O5/c1-20(23-5-4-6-25(17-23)42-32(33,34)35)36-30(38)24-13-14-28-29(18-24)41-16-15-37(28)19-21-9-11-22(12-10-21)26-7-2-3-8-27(26)31(39)40/h2-14,17-18,20H,15-16,19H2,1H3,(H,36,38)(H,39,40). The van der Waals surface area contributed by atoms with Gasteiger partial charge in [0.25, 0.3) is 5.91 Å². The van der Waals surface area contributed by atoms with Crippen molar-refractivity contribution in [2.75, 3.05) is 18.1 Å². The van der Waals surface area contributed by atoms with Crippen LogP contribution in [-0.2, 0) is 6.54 Å². The van der Waals surface area contributed by atoms with Crippen LogP contribution in [0.4, 0.5) is 18.9 Å². The average molecular weight is 577 g/mol. The van der Waals surface area contributed by atoms with Crippen LogP contribution in [0.15, 0.2) is 91.0 Å². The number of carbonyl (C=O) groups is 2. The lowest BCUT2D eigenvalue weighted by molar-refractivity contribution is -0.274. The highest BCUT2D eigenvalue weighted by Crippen LogP contribution is 2.34. The van der Waals surface area contributed by atoms with Crippen molar-refractivity contribution in [1.82, 2.24) is 5.32 Å². The smallest absolute Gasteiger partial charge is 0.490 e. The summed E-state index contributed by atoms with van der Waals surface area (Å²) in [5.41, 5.74) is 4.36. The third-order valence-electron chi connectivity index (χ3n) is 6.92. The summed E-state index contributed by atoms with van der Waals surface area (Å²) in [5.74, 6) is -1.19. The molecule has 1 unspecified atom stereocenters. The number of ether oxygens (including phenoxy) is 2. The summed E-state index contributed by atoms with van der Waals surface area (Å²) in [6.45, 7) is 3.31. The van der Waals surface area contributed by atoms with Crippen molar-refractivity contribution in [1.29, 1.82) is 0 Å². The van der Waals surface area contributed by atoms with Gasteiger partial charge >= 0.3 is 12.3 Å². The predicted molar refractivity (Wildman–Crippen MR) is 151 cm³/mol. The predicted octanol–water partition coefficient (Wildman–Crippen LogP) is 6.84. The summed E-state index contributed by atoms with van der Waals surface area (Å²) in [6, 6.07) is 24.6. The van der Waals surface area contributed by atoms with Gasteiger partial charge in [0.05, 0.1) is 23.8 Å². The third kappa shape index (κ3) is 6.65. The summed E-state index contributed by atoms with van der Waals surface area (Å²) in [7, 11) is 0. The van der Waals surface area contributed by atoms with E-state index >= 15 is 0 Å². The highest BCUT2D eigenvalue weighted by Gasteiger charge is 2.31. The van der Waals surface area contributed by atoms with Crippen LogP contribution in [0.3, 0.4) is 0 Å². The molecule has 5 rings (SSSR count). The van der Waals surface area contributed by atoms with Crippen LogP contribution in [0.25, 0.3) is 11.1 Å². The molecule has 216 valence electrons. The maximum absolute atomic E-state index is 13.0. The normalized spacial score (nSPS) is 13.5. The van der Waals surface area contributed by atoms with Gasteiger partial charge in [-0.15, -0.1) is 13.2 Å². The fourth-order valence-electron chi connectivity index (χ4n) is 4.86. The number of amides is 1. The molecule has 0 aliphatic carbocycles. The van der Waals surface area contributed by atoms with Gasteiger partial charge in [0, 0.05) is 12.1 Å². The minimum atomic E-state index is -4.81. The van der Waals surface area contributed by atoms with Crippen molar-refractivity contribution >= 4 is 17.6 Å². The van der Waals surface area contributed by atoms with Crippen LogP contribution in [-0.4, -0.2) is 36.5 Å². The minimum Gasteiger partial charge on any atom is -0.490 e. The summed E-state index contributed by atoms with van der Waals surface area (Å²) >= 11 is 0. The molecule has 0 bridgehead atoms. The third-order valence-corrected chi connectivity index (χ3v) is 6.92. The Kier molecular flexibility index (Phi) is 8.06. The van der Waals surface area contributed by atoms with E-state index in [1.165, 1.54) is 18.2 Å². The van der Waals surface area contributed by atoms with Crippen LogP contribution in [0, 0.1) is 0 Å². The second-order valence-electron chi connectivity index (χ2n) is 9.82. The fraction of sp³-hybridized carbons (Fsp3) is 0.188. The number of carbonyl (C=O) groups excluding carboxylic acids is 1. The first kappa shape index (κ1) is 28.5. The van der Waals surface area contributed by atoms with E-state index in [1.807, 2.05) is 30.3 Å². The van der Waals surface area contributed by atoms with Crippen molar-refractivity contribution in [3.8, 4) is 22.6 Å². The van der Waals surface area contributed by atoms with Crippen molar-refractivity contribution in [2.24, 2.45) is 0 Å². The van der Waals surface area contributed by atoms with Crippen LogP contribution in [0.1, 0.15) is 44.8 Å². The van der Waals surface area contributed by atoms with Crippen molar-refractivity contribution in [3.05, 3.63) is 113 Å². The lowest BCUT2D eigenvalue weighted by Crippen LogP contribution is -2.32. The average Bonchev–Trinajstić information content (AvgIpc) is 2.96. The van der Waals surface area contributed by atoms with E-state index in [2.05, 4.69) is 15.0 Å². The van der Waals surface area contributed by atoms with E-state index in [9.17, 15) is 27.9 Å². The van der Waals surface area contributed by atoms with Gasteiger partial charge < -0.3 is 24.8 Å². The van der Waals surface area contributed by atoms with Crippen LogP contribution in [0.2, 0.25) is 0 Å². The van der Waals surface area contributed by atoms with Gasteiger partial charge in [-0.05, 0) is 65.6 Å². The second-order valence-corrected chi connectivity index (χ2v) is 9.82. The number of hydrogen-bond acceptors (Lipinski definition) is 5. The highest BCUT2D eigenvalue weighted by atomic mass is 19.4. The number of nitrogens with zero attached hydrogens (tertiary/aromatic N) is 1. The summed E-state index contributed by atoms with van der Waals surface area (Å²) in [5, 5.41) is 12.3. The SMILES string of the molecule is CC(NC(=O)c1ccc2c(c1)OCCN2Cc1ccc(-c2ccccc2C(=O)O)cc1)c1cccc(OC(F)(F)F)c1. The van der Waals surface area contributed by atoms with Crippen LogP contribution < -0.4 is 19.7 Å². The first-order chi connectivity index (χ1) is 20.1. The zero-order valence-corrected chi connectivity index (χ0v) is 22.5. The Morgan fingerprint density at radius 2 is 1.76 bits per heavy atom. The van der Waals surface area contributed by atoms with Gasteiger partial charge in [0.2, 0.25) is 0 Å². The maximum Gasteiger partial charge on any atom is 0.573 e. The minimum absolute atomic E-state index is 0.241. The largest absolute Gasteiger partial charge is 0.573 e. The number of rotatable bonds is 8. The molecule has 7 nitrogen and oxygen atoms in total. The molecule has 0 saturated carbocycles. The number of anilines is 1. The molecule has 1 aliphatic heterocycles. The maximum atomic E-state index is 13.0. The number of benzene rings is 4. The quantitative estimate of drug-likeness (QED) is 0.239. The monoisotopic (exact) mass is 576 g/mol. The molecule has 4 aromatic rings. The van der Waals surface area contributed by atoms with E-state index < -0.39 is 24.3 Å². The van der Waals surface area contributed by atoms with E-state index in [1.54, 1.807) is 49.4 Å². The van der Waals surface area contributed by atoms with Crippen molar-refractivity contribution in [3.63, 3.8) is 0 Å². The molecule has 0 aromatic heterocycles. The van der Waals surface area contributed by atoms with Gasteiger partial charge in [0.15, 0.2) is 0 Å². The molecule has 1 atom stereocenters. The zero-order valence-electron chi connectivity index (χ0n) is 22.5. The number of carboxylic acid groups (broad SMARTS) is 1. The number of fused-ring (bicyclic) bond motifs is 1. The van der Waals surface area contributed by atoms with Gasteiger partial charge in [0.1, 0.15) is 18.1 Å². The Morgan fingerprint density at radius 3 is 2.50 bits per heavy atom. The van der Waals surface area contributed by atoms with E-state index in [-0.39, 0.29) is 11.3 Å². The van der Waals surface area contributed by atoms with Gasteiger partial charge in [-0.2, -0.15) is 0 Å². The lowest BCUT2D eigenvalue weighted by atomic mass is 9.98. The molecular weight excluding hydrogens is 549 g/mol. The molecule has 0 spiro atoms. The molecule has 10 heteroatoms. The van der Waals surface area contributed by atoms with E-state index in [0.717, 1.165) is 16.8 Å². The van der Waals surface area contributed by atoms with Gasteiger partial charge in [-0.25, -0.2) is 4.79 Å². The van der Waals surface area contributed by atoms with Crippen LogP contribution in [0.5, 0.6) is 11.5 Å². The van der Waals surface area contributed by atoms with Crippen molar-refractivity contribution < 1.29 is 37.3 Å². The van der Waals surface area contributed by atoms with Gasteiger partial charge in [-0.3, -0.25) is 4.79 Å². The number of aromatic carboxylic acids is 1. The Morgan fingerprint density at radius 1 is 1.00 bits per heavy atom. The number of nitrogens with one attached hydrogen (secondary N) is 1. The molecule has 42 heavy (non-hydrogen) atoms. The number of halogens is 3. The number of hydrogen-bond donors (Lipinski definition) is 2. The Bertz CT molecular complexity index is 1600. The van der Waals surface area contributed by atoms with E-state index in [0.29, 0.717) is 42.1 Å². The Labute approximate surface area is 240 Å². The Balaban J connectivity index is 1.27. The first-order valence-corrected chi connectivity index (χ1v) is 13.2. The zero-order chi connectivity index (χ0) is 29.9. The number of carboxylic acids is 1. The fourth-order valence-corrected chi connectivity index (χ4v) is 4.86. The molecule has 0 radical (unpaired) electrons. The van der Waals surface area contributed by atoms with Crippen LogP contribution >= 0.6 is 0 Å². The topological polar surface area (TPSA) is 88.1 Å². The molecule has 1 heterocycles. The summed E-state index contributed by atoms with van der Waals surface area (Å²) < 4.78 is 47.6. The summed E-state index contributed by atoms with van der Waals surface area (Å²) in [4.78, 5) is 26.7. The highest BCUT2D eigenvalue weighted by molar-refractivity contribution is 5.96. The second kappa shape index (κ2) is 11.9. The molecule has 4 aromatic carbocycles. The lowest BCUT2D eigenvalue weighted by Gasteiger charge is -2.31. The number of alkyl halides is 3. The summed E-state index contributed by atoms with van der Waals surface area (Å²) in [6.07, 6.45) is -4.81. The molecular formula is C32H27F3N2O5. The molecule has 0 saturated heterocycles. The molecule has 1 aliphatic rings. The van der Waals surface area contributed by atoms with Gasteiger partial charge in [-0.1, -0.05) is 54.6 Å². The van der Waals surface area contributed by atoms with E-state index in [4.69, 9.17) is 4.74 Å². The first-order valence-electron chi connectivity index (χ1n) is 13.2. The Hall–Kier alpha value is -4.99. The molecule has 1 amide bonds. The molecule has 2 N–H and O–H groups in total. The van der Waals surface area contributed by atoms with Crippen molar-refractivity contribution in [2.45, 2.75) is 25.9 Å².